The summed E-state index contributed by atoms with van der Waals surface area (Å²) in [5.41, 5.74) is 1.37. The molecule has 1 atom stereocenters. The highest BCUT2D eigenvalue weighted by Gasteiger charge is 2.34. The molecule has 2 aliphatic rings. The maximum Gasteiger partial charge on any atom is 0.413 e. The molecule has 2 N–H and O–H groups in total. The third kappa shape index (κ3) is 3.92. The monoisotopic (exact) mass is 419 g/mol. The number of pyridine rings is 2. The molecule has 2 aliphatic heterocycles. The van der Waals surface area contributed by atoms with Crippen LogP contribution in [0.25, 0.3) is 11.3 Å². The minimum atomic E-state index is -3.18. The predicted octanol–water partition coefficient (Wildman–Crippen LogP) is 2.91. The second kappa shape index (κ2) is 8.11. The average molecular weight is 419 g/mol. The Hall–Kier alpha value is -2.85. The zero-order valence-electron chi connectivity index (χ0n) is 16.7. The van der Waals surface area contributed by atoms with Crippen LogP contribution in [0.5, 0.6) is 0 Å². The normalized spacial score (nSPS) is 19.1. The number of carbonyl (C=O) groups excluding carboxylic acids is 1. The zero-order chi connectivity index (χ0) is 21.3. The van der Waals surface area contributed by atoms with E-state index in [2.05, 4.69) is 15.6 Å². The van der Waals surface area contributed by atoms with Gasteiger partial charge >= 0.3 is 6.09 Å². The standard InChI is InChI=1S/C20H23F2N5O3/c1-12-17-14(3-4-24-18(17)26-19(28)30-12)15-9-13(20(21,22)11-29-2)10-16(25-15)27-7-5-23-6-8-27/h3-4,9-10,12,23H,5-8,11H2,1-2H3,(H,24,26,28). The molecule has 1 saturated heterocycles. The van der Waals surface area contributed by atoms with Crippen LogP contribution in [0.15, 0.2) is 24.4 Å². The SMILES string of the molecule is COCC(F)(F)c1cc(-c2ccnc3c2C(C)OC(=O)N3)nc(N2CCNCC2)c1. The molecule has 30 heavy (non-hydrogen) atoms. The van der Waals surface area contributed by atoms with Crippen LogP contribution in [0.2, 0.25) is 0 Å². The van der Waals surface area contributed by atoms with Crippen molar-refractivity contribution in [2.75, 3.05) is 50.1 Å². The van der Waals surface area contributed by atoms with E-state index in [1.54, 1.807) is 13.0 Å². The molecular weight excluding hydrogens is 396 g/mol. The maximum absolute atomic E-state index is 14.8. The van der Waals surface area contributed by atoms with Gasteiger partial charge in [-0.25, -0.2) is 14.8 Å². The third-order valence-corrected chi connectivity index (χ3v) is 5.18. The number of halogens is 2. The maximum atomic E-state index is 14.8. The number of cyclic esters (lactones) is 1. The summed E-state index contributed by atoms with van der Waals surface area (Å²) in [6, 6.07) is 4.48. The number of nitrogens with zero attached hydrogens (tertiary/aromatic N) is 3. The number of methoxy groups -OCH3 is 1. The van der Waals surface area contributed by atoms with Gasteiger partial charge in [0.2, 0.25) is 0 Å². The van der Waals surface area contributed by atoms with E-state index in [9.17, 15) is 13.6 Å². The fourth-order valence-electron chi connectivity index (χ4n) is 3.74. The lowest BCUT2D eigenvalue weighted by Crippen LogP contribution is -2.44. The Bertz CT molecular complexity index is 950. The van der Waals surface area contributed by atoms with Gasteiger partial charge in [-0.2, -0.15) is 8.78 Å². The van der Waals surface area contributed by atoms with E-state index in [4.69, 9.17) is 14.5 Å². The average Bonchev–Trinajstić information content (AvgIpc) is 2.73. The molecule has 10 heteroatoms. The second-order valence-electron chi connectivity index (χ2n) is 7.27. The molecule has 0 spiro atoms. The molecule has 0 radical (unpaired) electrons. The summed E-state index contributed by atoms with van der Waals surface area (Å²) in [6.45, 7) is 3.80. The van der Waals surface area contributed by atoms with E-state index >= 15 is 0 Å². The number of fused-ring (bicyclic) bond motifs is 1. The van der Waals surface area contributed by atoms with Crippen LogP contribution in [0.1, 0.15) is 24.2 Å². The van der Waals surface area contributed by atoms with Crippen molar-refractivity contribution in [3.8, 4) is 11.3 Å². The van der Waals surface area contributed by atoms with Crippen molar-refractivity contribution in [1.82, 2.24) is 15.3 Å². The fourth-order valence-corrected chi connectivity index (χ4v) is 3.74. The zero-order valence-corrected chi connectivity index (χ0v) is 16.7. The van der Waals surface area contributed by atoms with Crippen molar-refractivity contribution in [3.05, 3.63) is 35.5 Å². The first-order valence-electron chi connectivity index (χ1n) is 9.71. The molecule has 1 unspecified atom stereocenters. The summed E-state index contributed by atoms with van der Waals surface area (Å²) < 4.78 is 39.6. The first-order chi connectivity index (χ1) is 14.4. The van der Waals surface area contributed by atoms with Crippen molar-refractivity contribution in [2.24, 2.45) is 0 Å². The molecule has 0 bridgehead atoms. The highest BCUT2D eigenvalue weighted by atomic mass is 19.3. The van der Waals surface area contributed by atoms with E-state index in [1.807, 2.05) is 4.90 Å². The molecule has 0 aromatic carbocycles. The largest absolute Gasteiger partial charge is 0.441 e. The van der Waals surface area contributed by atoms with E-state index in [0.717, 1.165) is 13.1 Å². The van der Waals surface area contributed by atoms with Crippen LogP contribution in [0.4, 0.5) is 25.2 Å². The van der Waals surface area contributed by atoms with Gasteiger partial charge in [-0.15, -0.1) is 0 Å². The number of amides is 1. The van der Waals surface area contributed by atoms with Gasteiger partial charge in [-0.1, -0.05) is 0 Å². The topological polar surface area (TPSA) is 88.6 Å². The van der Waals surface area contributed by atoms with Crippen molar-refractivity contribution < 1.29 is 23.0 Å². The first-order valence-corrected chi connectivity index (χ1v) is 9.71. The Labute approximate surface area is 172 Å². The lowest BCUT2D eigenvalue weighted by molar-refractivity contribution is -0.0697. The van der Waals surface area contributed by atoms with Crippen LogP contribution in [0, 0.1) is 0 Å². The van der Waals surface area contributed by atoms with Crippen LogP contribution in [-0.2, 0) is 15.4 Å². The number of ether oxygens (including phenoxy) is 2. The number of alkyl halides is 2. The van der Waals surface area contributed by atoms with Gasteiger partial charge in [-0.3, -0.25) is 5.32 Å². The van der Waals surface area contributed by atoms with E-state index < -0.39 is 24.7 Å². The van der Waals surface area contributed by atoms with Gasteiger partial charge < -0.3 is 19.7 Å². The molecular formula is C20H23F2N5O3. The lowest BCUT2D eigenvalue weighted by Gasteiger charge is -2.30. The number of aromatic nitrogens is 2. The summed E-state index contributed by atoms with van der Waals surface area (Å²) >= 11 is 0. The molecule has 8 nitrogen and oxygen atoms in total. The molecule has 0 aliphatic carbocycles. The Balaban J connectivity index is 1.86. The number of hydrogen-bond donors (Lipinski definition) is 2. The van der Waals surface area contributed by atoms with Gasteiger partial charge in [0.15, 0.2) is 0 Å². The summed E-state index contributed by atoms with van der Waals surface area (Å²) in [5.74, 6) is -2.37. The minimum Gasteiger partial charge on any atom is -0.441 e. The minimum absolute atomic E-state index is 0.179. The van der Waals surface area contributed by atoms with Gasteiger partial charge in [0.1, 0.15) is 24.3 Å². The van der Waals surface area contributed by atoms with Crippen LogP contribution < -0.4 is 15.5 Å². The predicted molar refractivity (Wildman–Crippen MR) is 107 cm³/mol. The summed E-state index contributed by atoms with van der Waals surface area (Å²) in [5, 5.41) is 5.80. The van der Waals surface area contributed by atoms with Gasteiger partial charge in [-0.05, 0) is 25.1 Å². The van der Waals surface area contributed by atoms with Crippen LogP contribution in [0.3, 0.4) is 0 Å². The summed E-state index contributed by atoms with van der Waals surface area (Å²) in [6.07, 6.45) is 0.318. The second-order valence-corrected chi connectivity index (χ2v) is 7.27. The fraction of sp³-hybridized carbons (Fsp3) is 0.450. The van der Waals surface area contributed by atoms with Gasteiger partial charge in [0.05, 0.1) is 5.69 Å². The van der Waals surface area contributed by atoms with Gasteiger partial charge in [0.25, 0.3) is 5.92 Å². The number of nitrogens with one attached hydrogen (secondary N) is 2. The van der Waals surface area contributed by atoms with E-state index in [0.29, 0.717) is 41.5 Å². The molecule has 1 amide bonds. The molecule has 160 valence electrons. The third-order valence-electron chi connectivity index (χ3n) is 5.18. The van der Waals surface area contributed by atoms with E-state index in [-0.39, 0.29) is 5.56 Å². The Morgan fingerprint density at radius 3 is 2.83 bits per heavy atom. The Morgan fingerprint density at radius 1 is 1.33 bits per heavy atom. The smallest absolute Gasteiger partial charge is 0.413 e. The van der Waals surface area contributed by atoms with Crippen LogP contribution in [-0.4, -0.2) is 56.0 Å². The van der Waals surface area contributed by atoms with Crippen molar-refractivity contribution in [3.63, 3.8) is 0 Å². The first kappa shape index (κ1) is 20.4. The van der Waals surface area contributed by atoms with Crippen LogP contribution >= 0.6 is 0 Å². The number of hydrogen-bond acceptors (Lipinski definition) is 7. The molecule has 4 heterocycles. The van der Waals surface area contributed by atoms with E-state index in [1.165, 1.54) is 25.4 Å². The quantitative estimate of drug-likeness (QED) is 0.770. The number of carbonyl (C=O) groups is 1. The molecule has 0 saturated carbocycles. The van der Waals surface area contributed by atoms with Crippen molar-refractivity contribution in [2.45, 2.75) is 19.0 Å². The highest BCUT2D eigenvalue weighted by Crippen LogP contribution is 2.39. The lowest BCUT2D eigenvalue weighted by atomic mass is 9.98. The summed E-state index contributed by atoms with van der Waals surface area (Å²) in [4.78, 5) is 22.5. The molecule has 2 aromatic rings. The van der Waals surface area contributed by atoms with Gasteiger partial charge in [0, 0.05) is 56.2 Å². The van der Waals surface area contributed by atoms with Crippen molar-refractivity contribution >= 4 is 17.7 Å². The molecule has 1 fully saturated rings. The highest BCUT2D eigenvalue weighted by molar-refractivity contribution is 5.89. The molecule has 4 rings (SSSR count). The Kier molecular flexibility index (Phi) is 5.52. The summed E-state index contributed by atoms with van der Waals surface area (Å²) in [7, 11) is 1.24. The number of anilines is 2. The number of piperazine rings is 1. The van der Waals surface area contributed by atoms with Crippen molar-refractivity contribution in [1.29, 1.82) is 0 Å². The Morgan fingerprint density at radius 2 is 2.10 bits per heavy atom. The molecule has 2 aromatic heterocycles. The number of rotatable bonds is 5.